The molecule has 1 atom stereocenters. The van der Waals surface area contributed by atoms with Crippen molar-refractivity contribution in [3.05, 3.63) is 0 Å². The maximum absolute atomic E-state index is 11.2. The van der Waals surface area contributed by atoms with E-state index in [1.54, 1.807) is 5.01 Å². The molecule has 1 heterocycles. The van der Waals surface area contributed by atoms with Crippen molar-refractivity contribution in [2.24, 2.45) is 5.84 Å². The molecular weight excluding hydrogens is 192 g/mol. The van der Waals surface area contributed by atoms with E-state index in [2.05, 4.69) is 0 Å². The molecule has 13 heavy (non-hydrogen) atoms. The van der Waals surface area contributed by atoms with Gasteiger partial charge in [-0.2, -0.15) is 0 Å². The highest BCUT2D eigenvalue weighted by Crippen LogP contribution is 2.08. The number of hydrazine groups is 1. The highest BCUT2D eigenvalue weighted by atomic mass is 32.2. The summed E-state index contributed by atoms with van der Waals surface area (Å²) < 4.78 is 27.6. The molecule has 1 rings (SSSR count). The van der Waals surface area contributed by atoms with Gasteiger partial charge in [-0.25, -0.2) is 13.4 Å². The maximum Gasteiger partial charge on any atom is 0.153 e. The van der Waals surface area contributed by atoms with Gasteiger partial charge in [-0.1, -0.05) is 0 Å². The Labute approximate surface area is 78.7 Å². The Balaban J connectivity index is 2.50. The van der Waals surface area contributed by atoms with Crippen LogP contribution in [0.5, 0.6) is 0 Å². The lowest BCUT2D eigenvalue weighted by Crippen LogP contribution is -2.54. The van der Waals surface area contributed by atoms with Crippen molar-refractivity contribution in [1.29, 1.82) is 0 Å². The maximum atomic E-state index is 11.2. The fourth-order valence-corrected chi connectivity index (χ4v) is 2.83. The van der Waals surface area contributed by atoms with E-state index in [0.29, 0.717) is 19.8 Å². The Morgan fingerprint density at radius 1 is 1.62 bits per heavy atom. The van der Waals surface area contributed by atoms with Crippen LogP contribution in [0.4, 0.5) is 0 Å². The number of sulfone groups is 1. The van der Waals surface area contributed by atoms with Gasteiger partial charge in [0.25, 0.3) is 0 Å². The molecule has 0 bridgehead atoms. The number of hydrogen-bond donors (Lipinski definition) is 1. The Hall–Kier alpha value is -0.170. The van der Waals surface area contributed by atoms with Crippen LogP contribution in [0.3, 0.4) is 0 Å². The average Bonchev–Trinajstić information content (AvgIpc) is 2.07. The molecule has 5 nitrogen and oxygen atoms in total. The number of rotatable bonds is 3. The first-order chi connectivity index (χ1) is 6.05. The Morgan fingerprint density at radius 2 is 2.31 bits per heavy atom. The second kappa shape index (κ2) is 4.36. The van der Waals surface area contributed by atoms with Crippen LogP contribution in [0, 0.1) is 0 Å². The van der Waals surface area contributed by atoms with Gasteiger partial charge in [0.1, 0.15) is 0 Å². The van der Waals surface area contributed by atoms with Crippen molar-refractivity contribution in [3.8, 4) is 0 Å². The minimum atomic E-state index is -2.90. The van der Waals surface area contributed by atoms with Gasteiger partial charge in [0, 0.05) is 13.2 Å². The van der Waals surface area contributed by atoms with Crippen LogP contribution in [0.2, 0.25) is 0 Å². The molecule has 78 valence electrons. The summed E-state index contributed by atoms with van der Waals surface area (Å²) in [5, 5.41) is 1.55. The van der Waals surface area contributed by atoms with Gasteiger partial charge in [-0.05, 0) is 6.92 Å². The number of nitrogens with zero attached hydrogens (tertiary/aromatic N) is 1. The average molecular weight is 208 g/mol. The Bertz CT molecular complexity index is 252. The minimum Gasteiger partial charge on any atom is -0.380 e. The molecule has 1 aliphatic rings. The monoisotopic (exact) mass is 208 g/mol. The standard InChI is InChI=1S/C7H16N2O3S/c1-2-12-5-7-6-13(10,11)4-3-9(7)8/h7H,2-6,8H2,1H3. The normalized spacial score (nSPS) is 28.9. The zero-order valence-electron chi connectivity index (χ0n) is 7.77. The van der Waals surface area contributed by atoms with Gasteiger partial charge in [0.15, 0.2) is 9.84 Å². The highest BCUT2D eigenvalue weighted by Gasteiger charge is 2.29. The molecular formula is C7H16N2O3S. The van der Waals surface area contributed by atoms with Crippen molar-refractivity contribution in [1.82, 2.24) is 5.01 Å². The van der Waals surface area contributed by atoms with E-state index >= 15 is 0 Å². The van der Waals surface area contributed by atoms with Crippen LogP contribution >= 0.6 is 0 Å². The van der Waals surface area contributed by atoms with Crippen molar-refractivity contribution in [3.63, 3.8) is 0 Å². The van der Waals surface area contributed by atoms with Crippen molar-refractivity contribution in [2.45, 2.75) is 13.0 Å². The molecule has 1 saturated heterocycles. The van der Waals surface area contributed by atoms with Gasteiger partial charge >= 0.3 is 0 Å². The Kier molecular flexibility index (Phi) is 3.66. The van der Waals surface area contributed by atoms with E-state index in [1.807, 2.05) is 6.92 Å². The van der Waals surface area contributed by atoms with Crippen LogP contribution in [-0.4, -0.2) is 50.7 Å². The number of hydrogen-bond acceptors (Lipinski definition) is 5. The van der Waals surface area contributed by atoms with Gasteiger partial charge in [0.2, 0.25) is 0 Å². The van der Waals surface area contributed by atoms with Crippen LogP contribution in [-0.2, 0) is 14.6 Å². The van der Waals surface area contributed by atoms with Crippen LogP contribution in [0.15, 0.2) is 0 Å². The fraction of sp³-hybridized carbons (Fsp3) is 1.00. The summed E-state index contributed by atoms with van der Waals surface area (Å²) in [4.78, 5) is 0. The van der Waals surface area contributed by atoms with E-state index in [-0.39, 0.29) is 17.5 Å². The van der Waals surface area contributed by atoms with Crippen LogP contribution < -0.4 is 5.84 Å². The predicted octanol–water partition coefficient (Wildman–Crippen LogP) is -1.00. The van der Waals surface area contributed by atoms with Gasteiger partial charge in [0.05, 0.1) is 24.2 Å². The minimum absolute atomic E-state index is 0.115. The molecule has 6 heteroatoms. The summed E-state index contributed by atoms with van der Waals surface area (Å²) in [6.45, 7) is 3.26. The summed E-state index contributed by atoms with van der Waals surface area (Å²) in [5.41, 5.74) is 0. The van der Waals surface area contributed by atoms with Crippen LogP contribution in [0.25, 0.3) is 0 Å². The van der Waals surface area contributed by atoms with Gasteiger partial charge < -0.3 is 4.74 Å². The quantitative estimate of drug-likeness (QED) is 0.602. The summed E-state index contributed by atoms with van der Waals surface area (Å²) >= 11 is 0. The molecule has 0 aromatic heterocycles. The highest BCUT2D eigenvalue weighted by molar-refractivity contribution is 7.91. The zero-order valence-corrected chi connectivity index (χ0v) is 8.59. The Morgan fingerprint density at radius 3 is 2.92 bits per heavy atom. The zero-order chi connectivity index (χ0) is 9.90. The lowest BCUT2D eigenvalue weighted by Gasteiger charge is -2.31. The molecule has 0 spiro atoms. The molecule has 0 aromatic carbocycles. The molecule has 1 aliphatic heterocycles. The first-order valence-corrected chi connectivity index (χ1v) is 6.17. The van der Waals surface area contributed by atoms with E-state index in [9.17, 15) is 8.42 Å². The second-order valence-electron chi connectivity index (χ2n) is 3.17. The number of nitrogens with two attached hydrogens (primary N) is 1. The topological polar surface area (TPSA) is 72.6 Å². The molecule has 2 N–H and O–H groups in total. The smallest absolute Gasteiger partial charge is 0.153 e. The van der Waals surface area contributed by atoms with Crippen molar-refractivity contribution >= 4 is 9.84 Å². The molecule has 1 unspecified atom stereocenters. The summed E-state index contributed by atoms with van der Waals surface area (Å²) in [5.74, 6) is 5.90. The van der Waals surface area contributed by atoms with Gasteiger partial charge in [-0.3, -0.25) is 5.84 Å². The van der Waals surface area contributed by atoms with Crippen molar-refractivity contribution in [2.75, 3.05) is 31.3 Å². The molecule has 0 radical (unpaired) electrons. The summed E-state index contributed by atoms with van der Waals surface area (Å²) in [7, 11) is -2.90. The summed E-state index contributed by atoms with van der Waals surface area (Å²) in [6.07, 6.45) is 0. The fourth-order valence-electron chi connectivity index (χ4n) is 1.30. The first kappa shape index (κ1) is 10.9. The van der Waals surface area contributed by atoms with E-state index in [4.69, 9.17) is 10.6 Å². The molecule has 0 aliphatic carbocycles. The molecule has 1 fully saturated rings. The van der Waals surface area contributed by atoms with Crippen LogP contribution in [0.1, 0.15) is 6.92 Å². The van der Waals surface area contributed by atoms with E-state index in [0.717, 1.165) is 0 Å². The number of ether oxygens (including phenoxy) is 1. The van der Waals surface area contributed by atoms with Crippen molar-refractivity contribution < 1.29 is 13.2 Å². The lowest BCUT2D eigenvalue weighted by atomic mass is 10.3. The first-order valence-electron chi connectivity index (χ1n) is 4.34. The predicted molar refractivity (Wildman–Crippen MR) is 49.8 cm³/mol. The third-order valence-corrected chi connectivity index (χ3v) is 3.79. The third kappa shape index (κ3) is 3.22. The lowest BCUT2D eigenvalue weighted by molar-refractivity contribution is 0.0744. The second-order valence-corrected chi connectivity index (χ2v) is 5.39. The van der Waals surface area contributed by atoms with Gasteiger partial charge in [-0.15, -0.1) is 0 Å². The SMILES string of the molecule is CCOCC1CS(=O)(=O)CCN1N. The molecule has 0 saturated carbocycles. The molecule has 0 aromatic rings. The third-order valence-electron chi connectivity index (χ3n) is 2.09. The largest absolute Gasteiger partial charge is 0.380 e. The molecule has 0 amide bonds. The van der Waals surface area contributed by atoms with E-state index in [1.165, 1.54) is 0 Å². The van der Waals surface area contributed by atoms with E-state index < -0.39 is 9.84 Å². The summed E-state index contributed by atoms with van der Waals surface area (Å²) in [6, 6.07) is -0.182.